The molecule has 1 heterocycles. The Balaban J connectivity index is 3.09. The van der Waals surface area contributed by atoms with E-state index in [2.05, 4.69) is 4.98 Å². The number of rotatable bonds is 8. The Morgan fingerprint density at radius 3 is 2.33 bits per heavy atom. The number of ketones is 1. The van der Waals surface area contributed by atoms with Crippen LogP contribution in [0.1, 0.15) is 52.4 Å². The molecule has 1 rings (SSSR count). The lowest BCUT2D eigenvalue weighted by Gasteiger charge is -2.27. The average Bonchev–Trinajstić information content (AvgIpc) is 2.84. The number of amides is 1. The van der Waals surface area contributed by atoms with E-state index in [1.165, 1.54) is 18.9 Å². The number of hydrogen-bond donors (Lipinski definition) is 1. The maximum absolute atomic E-state index is 12.9. The first-order valence-electron chi connectivity index (χ1n) is 7.84. The monoisotopic (exact) mass is 338 g/mol. The molecule has 0 aliphatic rings. The summed E-state index contributed by atoms with van der Waals surface area (Å²) < 4.78 is 9.71. The first kappa shape index (κ1) is 19.9. The van der Waals surface area contributed by atoms with Crippen LogP contribution in [-0.2, 0) is 14.3 Å². The van der Waals surface area contributed by atoms with Crippen LogP contribution in [0.3, 0.4) is 0 Å². The minimum Gasteiger partial charge on any atom is -0.464 e. The Morgan fingerprint density at radius 2 is 1.83 bits per heavy atom. The Kier molecular flexibility index (Phi) is 7.16. The van der Waals surface area contributed by atoms with Crippen LogP contribution in [0.5, 0.6) is 0 Å². The summed E-state index contributed by atoms with van der Waals surface area (Å²) >= 11 is 0. The fourth-order valence-electron chi connectivity index (χ4n) is 2.78. The molecule has 1 amide bonds. The topological polar surface area (TPSA) is 88.7 Å². The zero-order valence-electron chi connectivity index (χ0n) is 15.2. The van der Waals surface area contributed by atoms with Gasteiger partial charge < -0.3 is 19.4 Å². The van der Waals surface area contributed by atoms with Gasteiger partial charge in [0.15, 0.2) is 5.78 Å². The van der Waals surface area contributed by atoms with Gasteiger partial charge in [0, 0.05) is 38.4 Å². The second-order valence-corrected chi connectivity index (χ2v) is 5.72. The fourth-order valence-corrected chi connectivity index (χ4v) is 2.78. The summed E-state index contributed by atoms with van der Waals surface area (Å²) in [4.78, 5) is 41.0. The predicted octanol–water partition coefficient (Wildman–Crippen LogP) is 1.87. The van der Waals surface area contributed by atoms with E-state index in [1.54, 1.807) is 27.9 Å². The normalized spacial score (nSPS) is 11.9. The molecule has 0 aliphatic carbocycles. The van der Waals surface area contributed by atoms with Gasteiger partial charge in [0.2, 0.25) is 5.91 Å². The highest BCUT2D eigenvalue weighted by Crippen LogP contribution is 2.22. The van der Waals surface area contributed by atoms with Crippen molar-refractivity contribution in [2.75, 3.05) is 27.4 Å². The third-order valence-corrected chi connectivity index (χ3v) is 4.07. The van der Waals surface area contributed by atoms with E-state index in [-0.39, 0.29) is 17.4 Å². The fraction of sp³-hybridized carbons (Fsp3) is 0.588. The molecule has 1 atom stereocenters. The number of methoxy groups -OCH3 is 2. The zero-order chi connectivity index (χ0) is 18.4. The van der Waals surface area contributed by atoms with Crippen molar-refractivity contribution in [3.05, 3.63) is 22.5 Å². The van der Waals surface area contributed by atoms with Gasteiger partial charge in [-0.2, -0.15) is 0 Å². The SMILES string of the molecule is COCCCN(C(C)=O)[C@H](C)C(=O)c1c(C)[nH]c(C(=O)OC)c1C. The van der Waals surface area contributed by atoms with Crippen molar-refractivity contribution in [1.29, 1.82) is 0 Å². The van der Waals surface area contributed by atoms with Crippen molar-refractivity contribution in [2.45, 2.75) is 40.2 Å². The van der Waals surface area contributed by atoms with Crippen LogP contribution < -0.4 is 0 Å². The summed E-state index contributed by atoms with van der Waals surface area (Å²) in [6.45, 7) is 7.50. The molecule has 0 aliphatic heterocycles. The molecule has 134 valence electrons. The predicted molar refractivity (Wildman–Crippen MR) is 89.3 cm³/mol. The maximum Gasteiger partial charge on any atom is 0.354 e. The van der Waals surface area contributed by atoms with Crippen molar-refractivity contribution in [3.8, 4) is 0 Å². The Hall–Kier alpha value is -2.15. The molecule has 7 heteroatoms. The zero-order valence-corrected chi connectivity index (χ0v) is 15.2. The number of Topliss-reactive ketones (excluding diaryl/α,β-unsaturated/α-hetero) is 1. The number of aryl methyl sites for hydroxylation is 1. The lowest BCUT2D eigenvalue weighted by atomic mass is 9.99. The average molecular weight is 338 g/mol. The van der Waals surface area contributed by atoms with E-state index in [1.807, 2.05) is 0 Å². The highest BCUT2D eigenvalue weighted by Gasteiger charge is 2.29. The summed E-state index contributed by atoms with van der Waals surface area (Å²) in [7, 11) is 2.88. The second kappa shape index (κ2) is 8.63. The van der Waals surface area contributed by atoms with Gasteiger partial charge in [-0.3, -0.25) is 9.59 Å². The Bertz CT molecular complexity index is 621. The van der Waals surface area contributed by atoms with E-state index >= 15 is 0 Å². The molecule has 0 bridgehead atoms. The van der Waals surface area contributed by atoms with Gasteiger partial charge in [-0.25, -0.2) is 4.79 Å². The van der Waals surface area contributed by atoms with E-state index in [9.17, 15) is 14.4 Å². The third-order valence-electron chi connectivity index (χ3n) is 4.07. The Morgan fingerprint density at radius 1 is 1.21 bits per heavy atom. The minimum absolute atomic E-state index is 0.175. The number of H-pyrrole nitrogens is 1. The molecule has 1 aromatic rings. The molecular formula is C17H26N2O5. The maximum atomic E-state index is 12.9. The lowest BCUT2D eigenvalue weighted by Crippen LogP contribution is -2.43. The molecule has 7 nitrogen and oxygen atoms in total. The molecule has 0 radical (unpaired) electrons. The standard InChI is InChI=1S/C17H26N2O5/c1-10-14(11(2)18-15(10)17(22)24-6)16(21)12(3)19(13(4)20)8-7-9-23-5/h12,18H,7-9H2,1-6H3/t12-/m1/s1. The quantitative estimate of drug-likeness (QED) is 0.444. The van der Waals surface area contributed by atoms with Crippen molar-refractivity contribution in [3.63, 3.8) is 0 Å². The number of ether oxygens (including phenoxy) is 2. The first-order chi connectivity index (χ1) is 11.3. The molecule has 24 heavy (non-hydrogen) atoms. The van der Waals surface area contributed by atoms with E-state index in [0.717, 1.165) is 0 Å². The minimum atomic E-state index is -0.627. The molecule has 0 fully saturated rings. The molecule has 1 N–H and O–H groups in total. The number of esters is 1. The van der Waals surface area contributed by atoms with Gasteiger partial charge in [0.25, 0.3) is 0 Å². The lowest BCUT2D eigenvalue weighted by molar-refractivity contribution is -0.130. The van der Waals surface area contributed by atoms with Crippen LogP contribution in [0.2, 0.25) is 0 Å². The smallest absolute Gasteiger partial charge is 0.354 e. The molecule has 0 unspecified atom stereocenters. The first-order valence-corrected chi connectivity index (χ1v) is 7.84. The summed E-state index contributed by atoms with van der Waals surface area (Å²) in [6, 6.07) is -0.627. The van der Waals surface area contributed by atoms with Crippen molar-refractivity contribution < 1.29 is 23.9 Å². The van der Waals surface area contributed by atoms with Gasteiger partial charge in [0.1, 0.15) is 5.69 Å². The van der Waals surface area contributed by atoms with Crippen molar-refractivity contribution in [2.24, 2.45) is 0 Å². The van der Waals surface area contributed by atoms with Crippen LogP contribution in [0, 0.1) is 13.8 Å². The summed E-state index contributed by atoms with van der Waals surface area (Å²) in [5, 5.41) is 0. The molecule has 0 spiro atoms. The Labute approximate surface area is 142 Å². The molecule has 1 aromatic heterocycles. The number of aromatic amines is 1. The number of carbonyl (C=O) groups is 3. The highest BCUT2D eigenvalue weighted by atomic mass is 16.5. The van der Waals surface area contributed by atoms with Gasteiger partial charge in [-0.1, -0.05) is 0 Å². The van der Waals surface area contributed by atoms with Gasteiger partial charge in [-0.15, -0.1) is 0 Å². The number of nitrogens with one attached hydrogen (secondary N) is 1. The van der Waals surface area contributed by atoms with E-state index < -0.39 is 12.0 Å². The van der Waals surface area contributed by atoms with Gasteiger partial charge >= 0.3 is 5.97 Å². The molecule has 0 saturated heterocycles. The van der Waals surface area contributed by atoms with E-state index in [0.29, 0.717) is 36.4 Å². The van der Waals surface area contributed by atoms with Crippen LogP contribution in [-0.4, -0.2) is 61.0 Å². The van der Waals surface area contributed by atoms with Crippen molar-refractivity contribution in [1.82, 2.24) is 9.88 Å². The van der Waals surface area contributed by atoms with Crippen LogP contribution in [0.25, 0.3) is 0 Å². The molecule has 0 aromatic carbocycles. The van der Waals surface area contributed by atoms with Crippen LogP contribution in [0.4, 0.5) is 0 Å². The summed E-state index contributed by atoms with van der Waals surface area (Å²) in [6.07, 6.45) is 0.645. The largest absolute Gasteiger partial charge is 0.464 e. The highest BCUT2D eigenvalue weighted by molar-refractivity contribution is 6.06. The molecular weight excluding hydrogens is 312 g/mol. The van der Waals surface area contributed by atoms with Gasteiger partial charge in [-0.05, 0) is 32.8 Å². The third kappa shape index (κ3) is 4.23. The number of carbonyl (C=O) groups excluding carboxylic acids is 3. The molecule has 0 saturated carbocycles. The number of aromatic nitrogens is 1. The summed E-state index contributed by atoms with van der Waals surface area (Å²) in [5.41, 5.74) is 1.82. The number of nitrogens with zero attached hydrogens (tertiary/aromatic N) is 1. The second-order valence-electron chi connectivity index (χ2n) is 5.72. The van der Waals surface area contributed by atoms with Gasteiger partial charge in [0.05, 0.1) is 13.2 Å². The van der Waals surface area contributed by atoms with Crippen LogP contribution in [0.15, 0.2) is 0 Å². The summed E-state index contributed by atoms with van der Waals surface area (Å²) in [5.74, 6) is -0.902. The van der Waals surface area contributed by atoms with Crippen molar-refractivity contribution >= 4 is 17.7 Å². The van der Waals surface area contributed by atoms with E-state index in [4.69, 9.17) is 9.47 Å². The number of hydrogen-bond acceptors (Lipinski definition) is 5. The van der Waals surface area contributed by atoms with Crippen LogP contribution >= 0.6 is 0 Å².